The van der Waals surface area contributed by atoms with Gasteiger partial charge < -0.3 is 0 Å². The van der Waals surface area contributed by atoms with E-state index in [-0.39, 0.29) is 0 Å². The summed E-state index contributed by atoms with van der Waals surface area (Å²) >= 11 is 0. The van der Waals surface area contributed by atoms with Crippen LogP contribution in [0, 0.1) is 17.8 Å². The fourth-order valence-corrected chi connectivity index (χ4v) is 4.49. The molecule has 0 aromatic carbocycles. The Balaban J connectivity index is 1.60. The third-order valence-corrected chi connectivity index (χ3v) is 5.93. The molecular formula is C20H34O2. The number of carbonyl (C=O) groups excluding carboxylic acids is 2. The predicted molar refractivity (Wildman–Crippen MR) is 90.8 cm³/mol. The van der Waals surface area contributed by atoms with Gasteiger partial charge in [0.25, 0.3) is 0 Å². The normalized spacial score (nSPS) is 28.1. The summed E-state index contributed by atoms with van der Waals surface area (Å²) in [7, 11) is 0. The van der Waals surface area contributed by atoms with E-state index in [2.05, 4.69) is 6.92 Å². The van der Waals surface area contributed by atoms with Crippen molar-refractivity contribution in [3.05, 3.63) is 0 Å². The fourth-order valence-electron chi connectivity index (χ4n) is 4.49. The van der Waals surface area contributed by atoms with Crippen LogP contribution in [-0.2, 0) is 9.59 Å². The molecule has 0 saturated heterocycles. The molecule has 0 radical (unpaired) electrons. The van der Waals surface area contributed by atoms with E-state index in [0.29, 0.717) is 30.3 Å². The lowest BCUT2D eigenvalue weighted by Crippen LogP contribution is -2.31. The molecule has 2 nitrogen and oxygen atoms in total. The molecule has 2 aliphatic rings. The molecule has 2 heteroatoms. The van der Waals surface area contributed by atoms with E-state index >= 15 is 0 Å². The van der Waals surface area contributed by atoms with Crippen molar-refractivity contribution in [1.82, 2.24) is 0 Å². The van der Waals surface area contributed by atoms with E-state index in [1.54, 1.807) is 0 Å². The predicted octanol–water partition coefficient (Wildman–Crippen LogP) is 5.48. The van der Waals surface area contributed by atoms with Crippen LogP contribution in [0.4, 0.5) is 0 Å². The van der Waals surface area contributed by atoms with Crippen molar-refractivity contribution in [3.8, 4) is 0 Å². The van der Waals surface area contributed by atoms with Crippen LogP contribution in [0.5, 0.6) is 0 Å². The van der Waals surface area contributed by atoms with Gasteiger partial charge in [-0.25, -0.2) is 0 Å². The maximum Gasteiger partial charge on any atom is 0.135 e. The molecule has 0 aromatic rings. The van der Waals surface area contributed by atoms with Crippen LogP contribution in [0.1, 0.15) is 96.8 Å². The molecule has 0 bridgehead atoms. The number of Topliss-reactive ketones (excluding diaryl/α,β-unsaturated/α-hetero) is 2. The molecule has 2 rings (SSSR count). The van der Waals surface area contributed by atoms with Crippen LogP contribution in [0.15, 0.2) is 0 Å². The molecule has 0 N–H and O–H groups in total. The molecule has 3 atom stereocenters. The Bertz CT molecular complexity index is 361. The van der Waals surface area contributed by atoms with Gasteiger partial charge in [-0.3, -0.25) is 9.59 Å². The Morgan fingerprint density at radius 1 is 0.818 bits per heavy atom. The summed E-state index contributed by atoms with van der Waals surface area (Å²) in [6, 6.07) is 0. The lowest BCUT2D eigenvalue weighted by Gasteiger charge is -2.38. The van der Waals surface area contributed by atoms with E-state index < -0.39 is 0 Å². The minimum absolute atomic E-state index is 0.343. The highest BCUT2D eigenvalue weighted by molar-refractivity contribution is 5.81. The Kier molecular flexibility index (Phi) is 7.62. The van der Waals surface area contributed by atoms with Crippen LogP contribution < -0.4 is 0 Å². The zero-order valence-corrected chi connectivity index (χ0v) is 14.4. The highest BCUT2D eigenvalue weighted by atomic mass is 16.1. The van der Waals surface area contributed by atoms with Gasteiger partial charge >= 0.3 is 0 Å². The summed E-state index contributed by atoms with van der Waals surface area (Å²) in [5.41, 5.74) is 0. The molecule has 0 aromatic heterocycles. The standard InChI is InChI=1S/C20H34O2/c1-2-3-10-19(21)11-6-7-12-20(22)18-14-13-16-8-4-5-9-17(16)15-18/h16-18H,2-15H2,1H3. The number of fused-ring (bicyclic) bond motifs is 1. The SMILES string of the molecule is CCCCC(=O)CCCCC(=O)C1CCC2CCCCC2C1. The molecule has 0 amide bonds. The monoisotopic (exact) mass is 306 g/mol. The molecule has 2 fully saturated rings. The molecule has 0 spiro atoms. The number of rotatable bonds is 9. The summed E-state index contributed by atoms with van der Waals surface area (Å²) < 4.78 is 0. The van der Waals surface area contributed by atoms with Gasteiger partial charge in [0.1, 0.15) is 11.6 Å². The number of hydrogen-bond donors (Lipinski definition) is 0. The van der Waals surface area contributed by atoms with Crippen molar-refractivity contribution >= 4 is 11.6 Å². The zero-order chi connectivity index (χ0) is 15.8. The Morgan fingerprint density at radius 3 is 2.27 bits per heavy atom. The molecule has 126 valence electrons. The highest BCUT2D eigenvalue weighted by Gasteiger charge is 2.34. The average molecular weight is 306 g/mol. The highest BCUT2D eigenvalue weighted by Crippen LogP contribution is 2.43. The first kappa shape index (κ1) is 17.7. The van der Waals surface area contributed by atoms with Crippen molar-refractivity contribution in [2.45, 2.75) is 96.8 Å². The van der Waals surface area contributed by atoms with E-state index in [4.69, 9.17) is 0 Å². The largest absolute Gasteiger partial charge is 0.300 e. The molecule has 3 unspecified atom stereocenters. The lowest BCUT2D eigenvalue weighted by atomic mass is 9.66. The zero-order valence-electron chi connectivity index (χ0n) is 14.4. The quantitative estimate of drug-likeness (QED) is 0.528. The Labute approximate surface area is 136 Å². The van der Waals surface area contributed by atoms with E-state index in [1.165, 1.54) is 38.5 Å². The number of carbonyl (C=O) groups is 2. The summed E-state index contributed by atoms with van der Waals surface area (Å²) in [4.78, 5) is 24.0. The topological polar surface area (TPSA) is 34.1 Å². The van der Waals surface area contributed by atoms with Gasteiger partial charge in [0.2, 0.25) is 0 Å². The fraction of sp³-hybridized carbons (Fsp3) is 0.900. The maximum absolute atomic E-state index is 12.4. The Morgan fingerprint density at radius 2 is 1.50 bits per heavy atom. The number of hydrogen-bond acceptors (Lipinski definition) is 2. The summed E-state index contributed by atoms with van der Waals surface area (Å²) in [6.07, 6.45) is 15.2. The van der Waals surface area contributed by atoms with Crippen molar-refractivity contribution in [2.24, 2.45) is 17.8 Å². The van der Waals surface area contributed by atoms with Crippen molar-refractivity contribution in [1.29, 1.82) is 0 Å². The third-order valence-electron chi connectivity index (χ3n) is 5.93. The second-order valence-corrected chi connectivity index (χ2v) is 7.63. The number of ketones is 2. The number of unbranched alkanes of at least 4 members (excludes halogenated alkanes) is 2. The van der Waals surface area contributed by atoms with Crippen LogP contribution in [0.2, 0.25) is 0 Å². The van der Waals surface area contributed by atoms with Crippen LogP contribution >= 0.6 is 0 Å². The Hall–Kier alpha value is -0.660. The van der Waals surface area contributed by atoms with E-state index in [0.717, 1.165) is 50.4 Å². The first-order valence-corrected chi connectivity index (χ1v) is 9.75. The second kappa shape index (κ2) is 9.47. The van der Waals surface area contributed by atoms with Gasteiger partial charge in [-0.05, 0) is 50.4 Å². The molecule has 2 aliphatic carbocycles. The summed E-state index contributed by atoms with van der Waals surface area (Å²) in [6.45, 7) is 2.12. The summed E-state index contributed by atoms with van der Waals surface area (Å²) in [5, 5.41) is 0. The minimum Gasteiger partial charge on any atom is -0.300 e. The van der Waals surface area contributed by atoms with Gasteiger partial charge in [0.05, 0.1) is 0 Å². The van der Waals surface area contributed by atoms with Gasteiger partial charge in [0, 0.05) is 25.2 Å². The third kappa shape index (κ3) is 5.52. The molecule has 2 saturated carbocycles. The maximum atomic E-state index is 12.4. The average Bonchev–Trinajstić information content (AvgIpc) is 2.56. The lowest BCUT2D eigenvalue weighted by molar-refractivity contribution is -0.125. The summed E-state index contributed by atoms with van der Waals surface area (Å²) in [5.74, 6) is 2.98. The first-order chi connectivity index (χ1) is 10.7. The van der Waals surface area contributed by atoms with E-state index in [9.17, 15) is 9.59 Å². The van der Waals surface area contributed by atoms with Crippen molar-refractivity contribution in [3.63, 3.8) is 0 Å². The first-order valence-electron chi connectivity index (χ1n) is 9.75. The minimum atomic E-state index is 0.343. The second-order valence-electron chi connectivity index (χ2n) is 7.63. The van der Waals surface area contributed by atoms with Gasteiger partial charge in [0.15, 0.2) is 0 Å². The van der Waals surface area contributed by atoms with E-state index in [1.807, 2.05) is 0 Å². The van der Waals surface area contributed by atoms with Gasteiger partial charge in [-0.2, -0.15) is 0 Å². The van der Waals surface area contributed by atoms with Gasteiger partial charge in [-0.1, -0.05) is 39.0 Å². The molecule has 0 heterocycles. The van der Waals surface area contributed by atoms with Crippen LogP contribution in [-0.4, -0.2) is 11.6 Å². The van der Waals surface area contributed by atoms with Crippen LogP contribution in [0.25, 0.3) is 0 Å². The smallest absolute Gasteiger partial charge is 0.135 e. The van der Waals surface area contributed by atoms with Crippen LogP contribution in [0.3, 0.4) is 0 Å². The molecule has 22 heavy (non-hydrogen) atoms. The molecule has 0 aliphatic heterocycles. The van der Waals surface area contributed by atoms with Crippen molar-refractivity contribution in [2.75, 3.05) is 0 Å². The van der Waals surface area contributed by atoms with Gasteiger partial charge in [-0.15, -0.1) is 0 Å². The molecular weight excluding hydrogens is 272 g/mol. The van der Waals surface area contributed by atoms with Crippen molar-refractivity contribution < 1.29 is 9.59 Å².